The highest BCUT2D eigenvalue weighted by molar-refractivity contribution is 7.13. The first-order valence-corrected chi connectivity index (χ1v) is 6.90. The molecule has 1 aliphatic rings. The van der Waals surface area contributed by atoms with Gasteiger partial charge in [-0.3, -0.25) is 4.79 Å². The lowest BCUT2D eigenvalue weighted by Gasteiger charge is -2.12. The number of nitrogens with two attached hydrogens (primary N) is 1. The van der Waals surface area contributed by atoms with Crippen LogP contribution in [0.1, 0.15) is 30.1 Å². The molecule has 1 aliphatic carbocycles. The molecule has 2 aromatic heterocycles. The zero-order chi connectivity index (χ0) is 12.9. The Morgan fingerprint density at radius 1 is 1.44 bits per heavy atom. The first kappa shape index (κ1) is 11.5. The second kappa shape index (κ2) is 3.95. The van der Waals surface area contributed by atoms with E-state index in [1.807, 2.05) is 23.8 Å². The molecule has 4 nitrogen and oxygen atoms in total. The SMILES string of the molecule is Cc1cc(C)n(C2CC2)c(=O)c1-c1csc(N)n1. The molecule has 0 atom stereocenters. The Labute approximate surface area is 109 Å². The molecule has 1 fully saturated rings. The van der Waals surface area contributed by atoms with Crippen LogP contribution in [0.15, 0.2) is 16.2 Å². The molecule has 2 N–H and O–H groups in total. The van der Waals surface area contributed by atoms with Crippen molar-refractivity contribution in [2.75, 3.05) is 5.73 Å². The molecule has 0 saturated heterocycles. The molecule has 0 aromatic carbocycles. The Hall–Kier alpha value is -1.62. The van der Waals surface area contributed by atoms with Crippen LogP contribution in [0.4, 0.5) is 5.13 Å². The highest BCUT2D eigenvalue weighted by Gasteiger charge is 2.27. The van der Waals surface area contributed by atoms with Crippen LogP contribution >= 0.6 is 11.3 Å². The molecular formula is C13H15N3OS. The lowest BCUT2D eigenvalue weighted by atomic mass is 10.1. The Balaban J connectivity index is 2.26. The highest BCUT2D eigenvalue weighted by atomic mass is 32.1. The molecule has 5 heteroatoms. The lowest BCUT2D eigenvalue weighted by molar-refractivity contribution is 0.681. The summed E-state index contributed by atoms with van der Waals surface area (Å²) in [5.41, 5.74) is 9.13. The summed E-state index contributed by atoms with van der Waals surface area (Å²) in [6.45, 7) is 3.95. The van der Waals surface area contributed by atoms with Gasteiger partial charge in [0.25, 0.3) is 5.56 Å². The number of aryl methyl sites for hydroxylation is 2. The average molecular weight is 261 g/mol. The fourth-order valence-corrected chi connectivity index (χ4v) is 2.96. The number of nitrogen functional groups attached to an aromatic ring is 1. The second-order valence-corrected chi connectivity index (χ2v) is 5.71. The molecule has 0 amide bonds. The van der Waals surface area contributed by atoms with Crippen molar-refractivity contribution in [3.05, 3.63) is 33.1 Å². The molecule has 0 bridgehead atoms. The van der Waals surface area contributed by atoms with Gasteiger partial charge in [0.2, 0.25) is 0 Å². The summed E-state index contributed by atoms with van der Waals surface area (Å²) in [5, 5.41) is 2.35. The fourth-order valence-electron chi connectivity index (χ4n) is 2.40. The van der Waals surface area contributed by atoms with Crippen molar-refractivity contribution >= 4 is 16.5 Å². The molecule has 0 radical (unpaired) electrons. The third-order valence-electron chi connectivity index (χ3n) is 3.32. The van der Waals surface area contributed by atoms with Crippen molar-refractivity contribution in [1.29, 1.82) is 0 Å². The summed E-state index contributed by atoms with van der Waals surface area (Å²) in [4.78, 5) is 16.8. The van der Waals surface area contributed by atoms with Gasteiger partial charge in [-0.05, 0) is 38.3 Å². The molecule has 94 valence electrons. The van der Waals surface area contributed by atoms with Gasteiger partial charge in [-0.1, -0.05) is 0 Å². The van der Waals surface area contributed by atoms with E-state index < -0.39 is 0 Å². The van der Waals surface area contributed by atoms with Gasteiger partial charge in [0, 0.05) is 17.1 Å². The summed E-state index contributed by atoms with van der Waals surface area (Å²) >= 11 is 1.37. The molecule has 0 spiro atoms. The van der Waals surface area contributed by atoms with E-state index in [0.717, 1.165) is 24.1 Å². The Morgan fingerprint density at radius 3 is 2.72 bits per heavy atom. The summed E-state index contributed by atoms with van der Waals surface area (Å²) in [5.74, 6) is 0. The quantitative estimate of drug-likeness (QED) is 0.903. The minimum absolute atomic E-state index is 0.0697. The number of hydrogen-bond acceptors (Lipinski definition) is 4. The number of anilines is 1. The van der Waals surface area contributed by atoms with Crippen molar-refractivity contribution < 1.29 is 0 Å². The van der Waals surface area contributed by atoms with Crippen LogP contribution in [-0.4, -0.2) is 9.55 Å². The highest BCUT2D eigenvalue weighted by Crippen LogP contribution is 2.35. The van der Waals surface area contributed by atoms with Crippen molar-refractivity contribution in [2.45, 2.75) is 32.7 Å². The van der Waals surface area contributed by atoms with E-state index in [1.54, 1.807) is 0 Å². The van der Waals surface area contributed by atoms with Gasteiger partial charge < -0.3 is 10.3 Å². The number of pyridine rings is 1. The monoisotopic (exact) mass is 261 g/mol. The second-order valence-electron chi connectivity index (χ2n) is 4.82. The van der Waals surface area contributed by atoms with Crippen LogP contribution in [0.5, 0.6) is 0 Å². The van der Waals surface area contributed by atoms with E-state index in [0.29, 0.717) is 22.4 Å². The Bertz CT molecular complexity index is 667. The van der Waals surface area contributed by atoms with Gasteiger partial charge in [-0.15, -0.1) is 11.3 Å². The van der Waals surface area contributed by atoms with Crippen LogP contribution < -0.4 is 11.3 Å². The van der Waals surface area contributed by atoms with Gasteiger partial charge in [-0.25, -0.2) is 4.98 Å². The van der Waals surface area contributed by atoms with Gasteiger partial charge in [0.15, 0.2) is 5.13 Å². The first-order chi connectivity index (χ1) is 8.58. The number of aromatic nitrogens is 2. The molecule has 1 saturated carbocycles. The van der Waals surface area contributed by atoms with E-state index >= 15 is 0 Å². The Morgan fingerprint density at radius 2 is 2.17 bits per heavy atom. The molecule has 0 aliphatic heterocycles. The van der Waals surface area contributed by atoms with Crippen molar-refractivity contribution in [3.8, 4) is 11.3 Å². The smallest absolute Gasteiger partial charge is 0.260 e. The number of nitrogens with zero attached hydrogens (tertiary/aromatic N) is 2. The maximum Gasteiger partial charge on any atom is 0.260 e. The van der Waals surface area contributed by atoms with Crippen LogP contribution in [0.25, 0.3) is 11.3 Å². The number of thiazole rings is 1. The topological polar surface area (TPSA) is 60.9 Å². The molecular weight excluding hydrogens is 246 g/mol. The van der Waals surface area contributed by atoms with Crippen molar-refractivity contribution in [3.63, 3.8) is 0 Å². The minimum atomic E-state index is 0.0697. The predicted octanol–water partition coefficient (Wildman–Crippen LogP) is 2.51. The van der Waals surface area contributed by atoms with E-state index in [2.05, 4.69) is 11.1 Å². The normalized spacial score (nSPS) is 15.0. The summed E-state index contributed by atoms with van der Waals surface area (Å²) in [6.07, 6.45) is 2.20. The Kier molecular flexibility index (Phi) is 2.52. The third kappa shape index (κ3) is 1.75. The predicted molar refractivity (Wildman–Crippen MR) is 74.0 cm³/mol. The largest absolute Gasteiger partial charge is 0.375 e. The number of rotatable bonds is 2. The van der Waals surface area contributed by atoms with Gasteiger partial charge >= 0.3 is 0 Å². The maximum atomic E-state index is 12.6. The van der Waals surface area contributed by atoms with E-state index in [1.165, 1.54) is 11.3 Å². The lowest BCUT2D eigenvalue weighted by Crippen LogP contribution is -2.24. The first-order valence-electron chi connectivity index (χ1n) is 6.02. The molecule has 2 aromatic rings. The summed E-state index contributed by atoms with van der Waals surface area (Å²) < 4.78 is 1.90. The van der Waals surface area contributed by atoms with E-state index in [-0.39, 0.29) is 5.56 Å². The molecule has 18 heavy (non-hydrogen) atoms. The number of hydrogen-bond donors (Lipinski definition) is 1. The van der Waals surface area contributed by atoms with Crippen LogP contribution in [0.2, 0.25) is 0 Å². The molecule has 3 rings (SSSR count). The average Bonchev–Trinajstić information content (AvgIpc) is 3.01. The van der Waals surface area contributed by atoms with Crippen molar-refractivity contribution in [2.24, 2.45) is 0 Å². The molecule has 0 unspecified atom stereocenters. The van der Waals surface area contributed by atoms with Crippen LogP contribution in [0.3, 0.4) is 0 Å². The van der Waals surface area contributed by atoms with Gasteiger partial charge in [-0.2, -0.15) is 0 Å². The van der Waals surface area contributed by atoms with E-state index in [9.17, 15) is 4.79 Å². The summed E-state index contributed by atoms with van der Waals surface area (Å²) in [6, 6.07) is 2.44. The van der Waals surface area contributed by atoms with Crippen LogP contribution in [0, 0.1) is 13.8 Å². The molecule has 2 heterocycles. The van der Waals surface area contributed by atoms with Crippen molar-refractivity contribution in [1.82, 2.24) is 9.55 Å². The zero-order valence-corrected chi connectivity index (χ0v) is 11.3. The standard InChI is InChI=1S/C13H15N3OS/c1-7-5-8(2)16(9-3-4-9)12(17)11(7)10-6-18-13(14)15-10/h5-6,9H,3-4H2,1-2H3,(H2,14,15). The van der Waals surface area contributed by atoms with Gasteiger partial charge in [0.1, 0.15) is 0 Å². The minimum Gasteiger partial charge on any atom is -0.375 e. The maximum absolute atomic E-state index is 12.6. The zero-order valence-electron chi connectivity index (χ0n) is 10.4. The van der Waals surface area contributed by atoms with Crippen LogP contribution in [-0.2, 0) is 0 Å². The fraction of sp³-hybridized carbons (Fsp3) is 0.385. The third-order valence-corrected chi connectivity index (χ3v) is 4.00. The van der Waals surface area contributed by atoms with Gasteiger partial charge in [0.05, 0.1) is 11.3 Å². The van der Waals surface area contributed by atoms with E-state index in [4.69, 9.17) is 5.73 Å². The summed E-state index contributed by atoms with van der Waals surface area (Å²) in [7, 11) is 0.